The predicted molar refractivity (Wildman–Crippen MR) is 176 cm³/mol. The number of carbonyl (C=O) groups is 4. The van der Waals surface area contributed by atoms with Crippen LogP contribution in [-0.2, 0) is 4.79 Å². The van der Waals surface area contributed by atoms with Crippen molar-refractivity contribution >= 4 is 46.5 Å². The molecule has 45 heavy (non-hydrogen) atoms. The van der Waals surface area contributed by atoms with Crippen LogP contribution in [-0.4, -0.2) is 66.8 Å². The molecule has 0 aliphatic heterocycles. The van der Waals surface area contributed by atoms with Crippen molar-refractivity contribution in [1.29, 1.82) is 0 Å². The van der Waals surface area contributed by atoms with Crippen LogP contribution < -0.4 is 31.9 Å². The van der Waals surface area contributed by atoms with Crippen molar-refractivity contribution in [2.75, 3.05) is 54.1 Å². The van der Waals surface area contributed by atoms with Crippen LogP contribution in [0.15, 0.2) is 72.8 Å². The van der Waals surface area contributed by atoms with Gasteiger partial charge in [-0.3, -0.25) is 14.4 Å². The molecule has 240 valence electrons. The first-order chi connectivity index (χ1) is 21.9. The first kappa shape index (κ1) is 34.7. The van der Waals surface area contributed by atoms with E-state index in [4.69, 9.17) is 10.2 Å². The molecule has 0 unspecified atom stereocenters. The van der Waals surface area contributed by atoms with Gasteiger partial charge < -0.3 is 42.1 Å². The third kappa shape index (κ3) is 13.2. The Labute approximate surface area is 263 Å². The van der Waals surface area contributed by atoms with Gasteiger partial charge in [0.25, 0.3) is 11.8 Å². The zero-order valence-corrected chi connectivity index (χ0v) is 25.2. The summed E-state index contributed by atoms with van der Waals surface area (Å²) in [5, 5.41) is 34.5. The largest absolute Gasteiger partial charge is 0.396 e. The van der Waals surface area contributed by atoms with Crippen LogP contribution >= 0.6 is 0 Å². The number of urea groups is 1. The van der Waals surface area contributed by atoms with Crippen LogP contribution in [0.2, 0.25) is 0 Å². The molecule has 0 aromatic heterocycles. The van der Waals surface area contributed by atoms with Gasteiger partial charge in [-0.05, 0) is 118 Å². The van der Waals surface area contributed by atoms with Gasteiger partial charge in [-0.15, -0.1) is 0 Å². The summed E-state index contributed by atoms with van der Waals surface area (Å²) in [4.78, 5) is 49.5. The molecule has 3 aromatic carbocycles. The highest BCUT2D eigenvalue weighted by Gasteiger charge is 2.11. The number of rotatable bonds is 18. The first-order valence-electron chi connectivity index (χ1n) is 15.1. The van der Waals surface area contributed by atoms with Gasteiger partial charge in [-0.2, -0.15) is 0 Å². The van der Waals surface area contributed by atoms with E-state index in [9.17, 15) is 19.2 Å². The summed E-state index contributed by atoms with van der Waals surface area (Å²) in [5.41, 5.74) is 3.01. The number of benzene rings is 3. The maximum absolute atomic E-state index is 12.7. The molecule has 0 heterocycles. The third-order valence-electron chi connectivity index (χ3n) is 6.65. The molecule has 0 saturated heterocycles. The lowest BCUT2D eigenvalue weighted by Gasteiger charge is -2.10. The molecule has 0 atom stereocenters. The Bertz CT molecular complexity index is 1360. The van der Waals surface area contributed by atoms with Crippen molar-refractivity contribution in [3.05, 3.63) is 83.9 Å². The van der Waals surface area contributed by atoms with Crippen LogP contribution in [0.1, 0.15) is 59.2 Å². The van der Waals surface area contributed by atoms with Crippen molar-refractivity contribution in [2.24, 2.45) is 0 Å². The van der Waals surface area contributed by atoms with Crippen molar-refractivity contribution < 1.29 is 29.4 Å². The Kier molecular flexibility index (Phi) is 15.0. The standard InChI is InChI=1S/C33H42N6O6/c40-21-5-1-3-19-34-23-30(42)36-26-11-13-27(14-12-26)37-31(43)24-7-9-25(10-8-24)32(44)38-28-15-17-29(18-16-28)39-33(45)35-20-4-2-6-22-41/h7-18,34,40-41H,1-6,19-23H2,(H,36,42)(H,37,43)(H,38,44)(H2,35,39,45). The second-order valence-corrected chi connectivity index (χ2v) is 10.3. The molecule has 3 aromatic rings. The monoisotopic (exact) mass is 618 g/mol. The fraction of sp³-hybridized carbons (Fsp3) is 0.333. The molecule has 0 bridgehead atoms. The van der Waals surface area contributed by atoms with E-state index in [1.807, 2.05) is 0 Å². The smallest absolute Gasteiger partial charge is 0.319 e. The number of hydrogen-bond donors (Lipinski definition) is 8. The van der Waals surface area contributed by atoms with Gasteiger partial charge in [0, 0.05) is 53.6 Å². The lowest BCUT2D eigenvalue weighted by atomic mass is 10.1. The van der Waals surface area contributed by atoms with Gasteiger partial charge in [0.15, 0.2) is 0 Å². The van der Waals surface area contributed by atoms with Crippen LogP contribution in [0, 0.1) is 0 Å². The van der Waals surface area contributed by atoms with Gasteiger partial charge in [0.2, 0.25) is 5.91 Å². The lowest BCUT2D eigenvalue weighted by Crippen LogP contribution is -2.29. The van der Waals surface area contributed by atoms with Gasteiger partial charge >= 0.3 is 6.03 Å². The number of hydrogen-bond acceptors (Lipinski definition) is 7. The van der Waals surface area contributed by atoms with E-state index in [-0.39, 0.29) is 43.5 Å². The number of unbranched alkanes of at least 4 members (excludes halogenated alkanes) is 4. The minimum absolute atomic E-state index is 0.145. The SMILES string of the molecule is O=C(CNCCCCCO)Nc1ccc(NC(=O)c2ccc(C(=O)Nc3ccc(NC(=O)NCCCCCO)cc3)cc2)cc1. The summed E-state index contributed by atoms with van der Waals surface area (Å²) in [5.74, 6) is -0.867. The Morgan fingerprint density at radius 3 is 1.38 bits per heavy atom. The Morgan fingerprint density at radius 1 is 0.489 bits per heavy atom. The summed E-state index contributed by atoms with van der Waals surface area (Å²) in [6.45, 7) is 1.72. The highest BCUT2D eigenvalue weighted by molar-refractivity contribution is 6.07. The van der Waals surface area contributed by atoms with Gasteiger partial charge in [0.1, 0.15) is 0 Å². The van der Waals surface area contributed by atoms with Crippen molar-refractivity contribution in [3.63, 3.8) is 0 Å². The molecule has 0 aliphatic rings. The zero-order valence-electron chi connectivity index (χ0n) is 25.2. The molecule has 3 rings (SSSR count). The van der Waals surface area contributed by atoms with Crippen LogP contribution in [0.5, 0.6) is 0 Å². The molecule has 0 aliphatic carbocycles. The van der Waals surface area contributed by atoms with Crippen LogP contribution in [0.4, 0.5) is 27.5 Å². The summed E-state index contributed by atoms with van der Waals surface area (Å²) >= 11 is 0. The highest BCUT2D eigenvalue weighted by Crippen LogP contribution is 2.17. The molecule has 8 N–H and O–H groups in total. The predicted octanol–water partition coefficient (Wildman–Crippen LogP) is 4.17. The van der Waals surface area contributed by atoms with E-state index in [0.717, 1.165) is 32.1 Å². The van der Waals surface area contributed by atoms with Gasteiger partial charge in [-0.25, -0.2) is 4.79 Å². The molecule has 12 heteroatoms. The van der Waals surface area contributed by atoms with Crippen LogP contribution in [0.3, 0.4) is 0 Å². The Morgan fingerprint density at radius 2 is 0.911 bits per heavy atom. The molecule has 0 radical (unpaired) electrons. The molecule has 0 fully saturated rings. The van der Waals surface area contributed by atoms with E-state index in [0.29, 0.717) is 53.4 Å². The third-order valence-corrected chi connectivity index (χ3v) is 6.65. The summed E-state index contributed by atoms with van der Waals surface area (Å²) in [7, 11) is 0. The second kappa shape index (κ2) is 19.5. The topological polar surface area (TPSA) is 181 Å². The Hall–Kier alpha value is -4.78. The maximum Gasteiger partial charge on any atom is 0.319 e. The minimum Gasteiger partial charge on any atom is -0.396 e. The first-order valence-corrected chi connectivity index (χ1v) is 15.1. The van der Waals surface area contributed by atoms with E-state index in [2.05, 4.69) is 31.9 Å². The number of carbonyl (C=O) groups excluding carboxylic acids is 4. The van der Waals surface area contributed by atoms with Crippen molar-refractivity contribution in [1.82, 2.24) is 10.6 Å². The quantitative estimate of drug-likeness (QED) is 0.0985. The zero-order chi connectivity index (χ0) is 32.3. The summed E-state index contributed by atoms with van der Waals surface area (Å²) < 4.78 is 0. The number of aliphatic hydroxyl groups is 2. The minimum atomic E-state index is -0.349. The van der Waals surface area contributed by atoms with Gasteiger partial charge in [-0.1, -0.05) is 0 Å². The number of anilines is 4. The molecule has 12 nitrogen and oxygen atoms in total. The highest BCUT2D eigenvalue weighted by atomic mass is 16.3. The molecular formula is C33H42N6O6. The molecular weight excluding hydrogens is 576 g/mol. The fourth-order valence-corrected chi connectivity index (χ4v) is 4.19. The summed E-state index contributed by atoms with van der Waals surface area (Å²) in [6, 6.07) is 19.4. The Balaban J connectivity index is 1.41. The maximum atomic E-state index is 12.7. The lowest BCUT2D eigenvalue weighted by molar-refractivity contribution is -0.115. The van der Waals surface area contributed by atoms with Crippen LogP contribution in [0.25, 0.3) is 0 Å². The van der Waals surface area contributed by atoms with E-state index in [1.54, 1.807) is 72.8 Å². The van der Waals surface area contributed by atoms with Gasteiger partial charge in [0.05, 0.1) is 6.54 Å². The number of amides is 5. The molecule has 5 amide bonds. The molecule has 0 saturated carbocycles. The normalized spacial score (nSPS) is 10.5. The average molecular weight is 619 g/mol. The number of nitrogens with one attached hydrogen (secondary N) is 6. The number of aliphatic hydroxyl groups excluding tert-OH is 2. The van der Waals surface area contributed by atoms with E-state index in [1.165, 1.54) is 0 Å². The van der Waals surface area contributed by atoms with Crippen molar-refractivity contribution in [3.8, 4) is 0 Å². The summed E-state index contributed by atoms with van der Waals surface area (Å²) in [6.07, 6.45) is 4.89. The van der Waals surface area contributed by atoms with Crippen molar-refractivity contribution in [2.45, 2.75) is 38.5 Å². The molecule has 0 spiro atoms. The average Bonchev–Trinajstić information content (AvgIpc) is 3.04. The van der Waals surface area contributed by atoms with E-state index >= 15 is 0 Å². The second-order valence-electron chi connectivity index (χ2n) is 10.3. The fourth-order valence-electron chi connectivity index (χ4n) is 4.19. The van der Waals surface area contributed by atoms with E-state index < -0.39 is 0 Å².